The highest BCUT2D eigenvalue weighted by Crippen LogP contribution is 2.15. The number of benzene rings is 1. The maximum Gasteiger partial charge on any atom is 0.197 e. The van der Waals surface area contributed by atoms with Gasteiger partial charge in [0.25, 0.3) is 0 Å². The molecule has 0 saturated carbocycles. The van der Waals surface area contributed by atoms with E-state index in [-0.39, 0.29) is 11.1 Å². The molecule has 0 fully saturated rings. The van der Waals surface area contributed by atoms with Crippen LogP contribution in [0.1, 0.15) is 15.9 Å². The second kappa shape index (κ2) is 4.14. The standard InChI is InChI=1S/C11H6F2N2O/c12-9-3-1-2-8(10(9)13)11(16)7-4-5-14-15-6-7/h1-6H. The van der Waals surface area contributed by atoms with Crippen LogP contribution in [0.2, 0.25) is 0 Å². The lowest BCUT2D eigenvalue weighted by Crippen LogP contribution is -2.06. The minimum absolute atomic E-state index is 0.166. The minimum atomic E-state index is -1.15. The molecule has 0 atom stereocenters. The molecule has 0 unspecified atom stereocenters. The van der Waals surface area contributed by atoms with Crippen molar-refractivity contribution in [2.24, 2.45) is 0 Å². The highest BCUT2D eigenvalue weighted by Gasteiger charge is 2.16. The summed E-state index contributed by atoms with van der Waals surface area (Å²) in [7, 11) is 0. The predicted molar refractivity (Wildman–Crippen MR) is 51.8 cm³/mol. The molecule has 0 N–H and O–H groups in total. The zero-order chi connectivity index (χ0) is 11.5. The minimum Gasteiger partial charge on any atom is -0.288 e. The molecule has 5 heteroatoms. The fourth-order valence-corrected chi connectivity index (χ4v) is 1.26. The third kappa shape index (κ3) is 1.79. The number of halogens is 2. The van der Waals surface area contributed by atoms with Gasteiger partial charge in [0.1, 0.15) is 0 Å². The van der Waals surface area contributed by atoms with E-state index in [0.717, 1.165) is 6.07 Å². The van der Waals surface area contributed by atoms with E-state index in [2.05, 4.69) is 10.2 Å². The van der Waals surface area contributed by atoms with Gasteiger partial charge < -0.3 is 0 Å². The van der Waals surface area contributed by atoms with E-state index in [4.69, 9.17) is 0 Å². The number of rotatable bonds is 2. The highest BCUT2D eigenvalue weighted by molar-refractivity contribution is 6.08. The second-order valence-electron chi connectivity index (χ2n) is 3.06. The Morgan fingerprint density at radius 1 is 1.12 bits per heavy atom. The lowest BCUT2D eigenvalue weighted by Gasteiger charge is -2.02. The third-order valence-corrected chi connectivity index (χ3v) is 2.04. The molecule has 0 amide bonds. The number of aromatic nitrogens is 2. The van der Waals surface area contributed by atoms with Gasteiger partial charge in [-0.2, -0.15) is 10.2 Å². The van der Waals surface area contributed by atoms with Gasteiger partial charge in [0.2, 0.25) is 0 Å². The van der Waals surface area contributed by atoms with E-state index in [0.29, 0.717) is 0 Å². The van der Waals surface area contributed by atoms with E-state index in [1.165, 1.54) is 30.6 Å². The maximum atomic E-state index is 13.3. The molecule has 2 aromatic rings. The molecule has 16 heavy (non-hydrogen) atoms. The summed E-state index contributed by atoms with van der Waals surface area (Å²) in [6, 6.07) is 4.85. The summed E-state index contributed by atoms with van der Waals surface area (Å²) in [5.74, 6) is -2.82. The van der Waals surface area contributed by atoms with E-state index >= 15 is 0 Å². The SMILES string of the molecule is O=C(c1ccnnc1)c1cccc(F)c1F. The van der Waals surface area contributed by atoms with Crippen molar-refractivity contribution in [1.29, 1.82) is 0 Å². The molecule has 0 aliphatic rings. The van der Waals surface area contributed by atoms with Crippen LogP contribution in [0, 0.1) is 11.6 Å². The Morgan fingerprint density at radius 3 is 2.62 bits per heavy atom. The van der Waals surface area contributed by atoms with Gasteiger partial charge in [0.05, 0.1) is 18.0 Å². The van der Waals surface area contributed by atoms with Gasteiger partial charge in [-0.15, -0.1) is 0 Å². The molecular weight excluding hydrogens is 214 g/mol. The Labute approximate surface area is 89.8 Å². The summed E-state index contributed by atoms with van der Waals surface area (Å²) < 4.78 is 26.2. The van der Waals surface area contributed by atoms with Crippen molar-refractivity contribution in [3.8, 4) is 0 Å². The summed E-state index contributed by atoms with van der Waals surface area (Å²) in [4.78, 5) is 11.7. The van der Waals surface area contributed by atoms with Crippen LogP contribution in [-0.2, 0) is 0 Å². The molecule has 2 rings (SSSR count). The van der Waals surface area contributed by atoms with Gasteiger partial charge in [-0.3, -0.25) is 4.79 Å². The van der Waals surface area contributed by atoms with Crippen molar-refractivity contribution in [1.82, 2.24) is 10.2 Å². The van der Waals surface area contributed by atoms with E-state index in [1.54, 1.807) is 0 Å². The van der Waals surface area contributed by atoms with Crippen molar-refractivity contribution < 1.29 is 13.6 Å². The number of carbonyl (C=O) groups excluding carboxylic acids is 1. The molecule has 80 valence electrons. The Morgan fingerprint density at radius 2 is 1.94 bits per heavy atom. The first kappa shape index (κ1) is 10.4. The van der Waals surface area contributed by atoms with Gasteiger partial charge in [0.15, 0.2) is 17.4 Å². The molecule has 1 heterocycles. The third-order valence-electron chi connectivity index (χ3n) is 2.04. The normalized spacial score (nSPS) is 10.1. The fraction of sp³-hybridized carbons (Fsp3) is 0. The van der Waals surface area contributed by atoms with Gasteiger partial charge in [-0.05, 0) is 18.2 Å². The zero-order valence-corrected chi connectivity index (χ0v) is 8.02. The lowest BCUT2D eigenvalue weighted by molar-refractivity contribution is 0.103. The van der Waals surface area contributed by atoms with Crippen LogP contribution < -0.4 is 0 Å². The molecular formula is C11H6F2N2O. The molecule has 1 aromatic carbocycles. The van der Waals surface area contributed by atoms with Gasteiger partial charge in [0, 0.05) is 5.56 Å². The maximum absolute atomic E-state index is 13.3. The van der Waals surface area contributed by atoms with Gasteiger partial charge >= 0.3 is 0 Å². The van der Waals surface area contributed by atoms with E-state index < -0.39 is 17.4 Å². The van der Waals surface area contributed by atoms with Crippen LogP contribution >= 0.6 is 0 Å². The smallest absolute Gasteiger partial charge is 0.197 e. The lowest BCUT2D eigenvalue weighted by atomic mass is 10.0. The predicted octanol–water partition coefficient (Wildman–Crippen LogP) is 1.99. The van der Waals surface area contributed by atoms with Crippen molar-refractivity contribution in [2.75, 3.05) is 0 Å². The van der Waals surface area contributed by atoms with E-state index in [1.807, 2.05) is 0 Å². The molecule has 1 aromatic heterocycles. The van der Waals surface area contributed by atoms with Crippen molar-refractivity contribution in [3.63, 3.8) is 0 Å². The Balaban J connectivity index is 2.46. The summed E-state index contributed by atoms with van der Waals surface area (Å²) in [6.07, 6.45) is 2.51. The monoisotopic (exact) mass is 220 g/mol. The van der Waals surface area contributed by atoms with Crippen molar-refractivity contribution in [2.45, 2.75) is 0 Å². The summed E-state index contributed by atoms with van der Waals surface area (Å²) in [5, 5.41) is 6.99. The molecule has 0 radical (unpaired) electrons. The Hall–Kier alpha value is -2.17. The fourth-order valence-electron chi connectivity index (χ4n) is 1.26. The second-order valence-corrected chi connectivity index (χ2v) is 3.06. The van der Waals surface area contributed by atoms with Gasteiger partial charge in [-0.1, -0.05) is 6.07 Å². The highest BCUT2D eigenvalue weighted by atomic mass is 19.2. The van der Waals surface area contributed by atoms with Crippen molar-refractivity contribution in [3.05, 3.63) is 59.4 Å². The average Bonchev–Trinajstić information content (AvgIpc) is 2.33. The molecule has 0 spiro atoms. The molecule has 0 aliphatic carbocycles. The molecule has 3 nitrogen and oxygen atoms in total. The van der Waals surface area contributed by atoms with E-state index in [9.17, 15) is 13.6 Å². The Bertz CT molecular complexity index is 529. The first-order chi connectivity index (χ1) is 7.70. The first-order valence-corrected chi connectivity index (χ1v) is 4.45. The Kier molecular flexibility index (Phi) is 2.68. The topological polar surface area (TPSA) is 42.9 Å². The van der Waals surface area contributed by atoms with Crippen LogP contribution in [0.25, 0.3) is 0 Å². The largest absolute Gasteiger partial charge is 0.288 e. The van der Waals surface area contributed by atoms with Crippen LogP contribution in [0.15, 0.2) is 36.7 Å². The number of hydrogen-bond acceptors (Lipinski definition) is 3. The van der Waals surface area contributed by atoms with Crippen LogP contribution in [-0.4, -0.2) is 16.0 Å². The summed E-state index contributed by atoms with van der Waals surface area (Å²) in [5.41, 5.74) is -0.146. The summed E-state index contributed by atoms with van der Waals surface area (Å²) >= 11 is 0. The van der Waals surface area contributed by atoms with Crippen LogP contribution in [0.4, 0.5) is 8.78 Å². The zero-order valence-electron chi connectivity index (χ0n) is 8.02. The van der Waals surface area contributed by atoms with Crippen LogP contribution in [0.3, 0.4) is 0 Å². The quantitative estimate of drug-likeness (QED) is 0.727. The molecule has 0 aliphatic heterocycles. The number of nitrogens with zero attached hydrogens (tertiary/aromatic N) is 2. The number of ketones is 1. The van der Waals surface area contributed by atoms with Crippen LogP contribution in [0.5, 0.6) is 0 Å². The molecule has 0 bridgehead atoms. The number of hydrogen-bond donors (Lipinski definition) is 0. The summed E-state index contributed by atoms with van der Waals surface area (Å²) in [6.45, 7) is 0. The van der Waals surface area contributed by atoms with Crippen molar-refractivity contribution >= 4 is 5.78 Å². The van der Waals surface area contributed by atoms with Gasteiger partial charge in [-0.25, -0.2) is 8.78 Å². The average molecular weight is 220 g/mol. The molecule has 0 saturated heterocycles. The first-order valence-electron chi connectivity index (χ1n) is 4.45. The number of carbonyl (C=O) groups is 1.